The van der Waals surface area contributed by atoms with Crippen LogP contribution in [0.15, 0.2) is 38.2 Å². The fourth-order valence-corrected chi connectivity index (χ4v) is 5.38. The highest BCUT2D eigenvalue weighted by molar-refractivity contribution is 9.10. The second-order valence-electron chi connectivity index (χ2n) is 6.04. The third-order valence-corrected chi connectivity index (χ3v) is 6.97. The van der Waals surface area contributed by atoms with Crippen LogP contribution in [0.2, 0.25) is 0 Å². The number of aryl methyl sites for hydroxylation is 2. The van der Waals surface area contributed by atoms with Crippen LogP contribution in [0, 0.1) is 13.8 Å². The Morgan fingerprint density at radius 1 is 1.17 bits per heavy atom. The molecule has 1 aliphatic rings. The molecule has 0 unspecified atom stereocenters. The molecule has 1 aromatic heterocycles. The zero-order valence-electron chi connectivity index (χ0n) is 13.7. The Bertz CT molecular complexity index is 827. The van der Waals surface area contributed by atoms with Gasteiger partial charge >= 0.3 is 0 Å². The van der Waals surface area contributed by atoms with Crippen LogP contribution in [0.5, 0.6) is 0 Å². The molecule has 1 aromatic carbocycles. The molecule has 24 heavy (non-hydrogen) atoms. The Labute approximate surface area is 150 Å². The lowest BCUT2D eigenvalue weighted by Gasteiger charge is -2.33. The van der Waals surface area contributed by atoms with Crippen LogP contribution in [-0.4, -0.2) is 49.0 Å². The number of benzene rings is 1. The van der Waals surface area contributed by atoms with Crippen molar-refractivity contribution in [3.05, 3.63) is 45.8 Å². The first-order chi connectivity index (χ1) is 11.4. The maximum Gasteiger partial charge on any atom is 0.244 e. The summed E-state index contributed by atoms with van der Waals surface area (Å²) in [4.78, 5) is 2.52. The molecule has 0 saturated carbocycles. The Morgan fingerprint density at radius 2 is 1.88 bits per heavy atom. The molecule has 1 fully saturated rings. The molecule has 0 aliphatic carbocycles. The van der Waals surface area contributed by atoms with E-state index in [1.54, 1.807) is 10.4 Å². The van der Waals surface area contributed by atoms with Crippen molar-refractivity contribution in [2.24, 2.45) is 0 Å². The summed E-state index contributed by atoms with van der Waals surface area (Å²) in [7, 11) is -3.48. The quantitative estimate of drug-likeness (QED) is 0.770. The predicted octanol–water partition coefficient (Wildman–Crippen LogP) is 2.56. The first-order valence-electron chi connectivity index (χ1n) is 7.77. The minimum Gasteiger partial charge on any atom is -0.361 e. The fourth-order valence-electron chi connectivity index (χ4n) is 2.80. The van der Waals surface area contributed by atoms with Gasteiger partial charge in [0.25, 0.3) is 0 Å². The molecule has 0 N–H and O–H groups in total. The van der Waals surface area contributed by atoms with Gasteiger partial charge in [0.1, 0.15) is 5.76 Å². The molecule has 1 aliphatic heterocycles. The van der Waals surface area contributed by atoms with Gasteiger partial charge in [-0.25, -0.2) is 8.42 Å². The number of sulfonamides is 1. The van der Waals surface area contributed by atoms with E-state index in [2.05, 4.69) is 26.0 Å². The lowest BCUT2D eigenvalue weighted by molar-refractivity contribution is 0.177. The molecule has 0 bridgehead atoms. The highest BCUT2D eigenvalue weighted by Gasteiger charge is 2.30. The molecule has 2 aromatic rings. The molecule has 0 atom stereocenters. The van der Waals surface area contributed by atoms with Crippen molar-refractivity contribution in [2.75, 3.05) is 26.2 Å². The monoisotopic (exact) mass is 413 g/mol. The van der Waals surface area contributed by atoms with Gasteiger partial charge in [-0.15, -0.1) is 0 Å². The summed E-state index contributed by atoms with van der Waals surface area (Å²) in [5.41, 5.74) is 1.90. The second kappa shape index (κ2) is 6.95. The summed E-state index contributed by atoms with van der Waals surface area (Å²) in [6.07, 6.45) is 0. The first-order valence-corrected chi connectivity index (χ1v) is 10.0. The fraction of sp³-hybridized carbons (Fsp3) is 0.438. The van der Waals surface area contributed by atoms with Gasteiger partial charge in [-0.3, -0.25) is 4.90 Å². The Balaban J connectivity index is 1.67. The lowest BCUT2D eigenvalue weighted by Crippen LogP contribution is -2.48. The van der Waals surface area contributed by atoms with Crippen LogP contribution < -0.4 is 0 Å². The summed E-state index contributed by atoms with van der Waals surface area (Å²) < 4.78 is 32.9. The molecular weight excluding hydrogens is 394 g/mol. The van der Waals surface area contributed by atoms with Gasteiger partial charge in [0.2, 0.25) is 10.0 Å². The number of piperazine rings is 1. The molecular formula is C16H20BrN3O3S. The van der Waals surface area contributed by atoms with E-state index in [1.165, 1.54) is 0 Å². The molecule has 2 heterocycles. The van der Waals surface area contributed by atoms with E-state index in [0.717, 1.165) is 17.0 Å². The van der Waals surface area contributed by atoms with Crippen LogP contribution in [0.4, 0.5) is 0 Å². The van der Waals surface area contributed by atoms with E-state index in [-0.39, 0.29) is 0 Å². The average molecular weight is 414 g/mol. The normalized spacial score (nSPS) is 17.3. The third-order valence-electron chi connectivity index (χ3n) is 4.10. The molecule has 130 valence electrons. The van der Waals surface area contributed by atoms with E-state index in [9.17, 15) is 8.42 Å². The van der Waals surface area contributed by atoms with E-state index in [0.29, 0.717) is 42.1 Å². The smallest absolute Gasteiger partial charge is 0.244 e. The van der Waals surface area contributed by atoms with Crippen LogP contribution in [0.1, 0.15) is 17.0 Å². The van der Waals surface area contributed by atoms with E-state index in [4.69, 9.17) is 4.52 Å². The topological polar surface area (TPSA) is 66.7 Å². The second-order valence-corrected chi connectivity index (χ2v) is 8.80. The molecule has 0 amide bonds. The molecule has 3 rings (SSSR count). The van der Waals surface area contributed by atoms with Crippen LogP contribution in [-0.2, 0) is 16.6 Å². The summed E-state index contributed by atoms with van der Waals surface area (Å²) in [6, 6.07) is 7.22. The van der Waals surface area contributed by atoms with Crippen molar-refractivity contribution >= 4 is 26.0 Å². The maximum atomic E-state index is 12.8. The zero-order chi connectivity index (χ0) is 17.3. The first kappa shape index (κ1) is 17.6. The Morgan fingerprint density at radius 3 is 2.46 bits per heavy atom. The largest absolute Gasteiger partial charge is 0.361 e. The van der Waals surface area contributed by atoms with E-state index >= 15 is 0 Å². The summed E-state index contributed by atoms with van der Waals surface area (Å²) in [5, 5.41) is 3.99. The zero-order valence-corrected chi connectivity index (χ0v) is 16.1. The minimum absolute atomic E-state index is 0.327. The molecule has 6 nitrogen and oxygen atoms in total. The van der Waals surface area contributed by atoms with Gasteiger partial charge in [0, 0.05) is 43.3 Å². The number of rotatable bonds is 4. The number of halogens is 1. The molecule has 0 radical (unpaired) electrons. The van der Waals surface area contributed by atoms with Crippen LogP contribution in [0.3, 0.4) is 0 Å². The van der Waals surface area contributed by atoms with Gasteiger partial charge in [0.05, 0.1) is 10.6 Å². The highest BCUT2D eigenvalue weighted by atomic mass is 79.9. The Hall–Kier alpha value is -1.22. The number of hydrogen-bond donors (Lipinski definition) is 0. The maximum absolute atomic E-state index is 12.8. The molecule has 0 spiro atoms. The van der Waals surface area contributed by atoms with Crippen molar-refractivity contribution in [3.8, 4) is 0 Å². The van der Waals surface area contributed by atoms with E-state index < -0.39 is 10.0 Å². The van der Waals surface area contributed by atoms with Crippen LogP contribution >= 0.6 is 15.9 Å². The van der Waals surface area contributed by atoms with Crippen molar-refractivity contribution in [1.82, 2.24) is 14.4 Å². The SMILES string of the molecule is Cc1ccc(S(=O)(=O)N2CCN(Cc3cc(C)on3)CC2)c(Br)c1. The van der Waals surface area contributed by atoms with E-state index in [1.807, 2.05) is 32.0 Å². The third kappa shape index (κ3) is 3.72. The summed E-state index contributed by atoms with van der Waals surface area (Å²) in [6.45, 7) is 6.77. The lowest BCUT2D eigenvalue weighted by atomic mass is 10.2. The van der Waals surface area contributed by atoms with Gasteiger partial charge in [-0.1, -0.05) is 11.2 Å². The standard InChI is InChI=1S/C16H20BrN3O3S/c1-12-3-4-16(15(17)9-12)24(21,22)20-7-5-19(6-8-20)11-14-10-13(2)23-18-14/h3-4,9-10H,5-8,11H2,1-2H3. The van der Waals surface area contributed by atoms with Crippen molar-refractivity contribution in [3.63, 3.8) is 0 Å². The minimum atomic E-state index is -3.48. The average Bonchev–Trinajstić information content (AvgIpc) is 2.92. The van der Waals surface area contributed by atoms with Gasteiger partial charge in [-0.2, -0.15) is 4.31 Å². The highest BCUT2D eigenvalue weighted by Crippen LogP contribution is 2.27. The van der Waals surface area contributed by atoms with Crippen molar-refractivity contribution < 1.29 is 12.9 Å². The molecule has 1 saturated heterocycles. The number of hydrogen-bond acceptors (Lipinski definition) is 5. The summed E-state index contributed by atoms with van der Waals surface area (Å²) >= 11 is 3.37. The van der Waals surface area contributed by atoms with Gasteiger partial charge in [-0.05, 0) is 47.5 Å². The van der Waals surface area contributed by atoms with Crippen molar-refractivity contribution in [1.29, 1.82) is 0 Å². The van der Waals surface area contributed by atoms with Gasteiger partial charge in [0.15, 0.2) is 0 Å². The number of aromatic nitrogens is 1. The Kier molecular flexibility index (Phi) is 5.10. The number of nitrogens with zero attached hydrogens (tertiary/aromatic N) is 3. The molecule has 8 heteroatoms. The van der Waals surface area contributed by atoms with Crippen LogP contribution in [0.25, 0.3) is 0 Å². The predicted molar refractivity (Wildman–Crippen MR) is 94.2 cm³/mol. The van der Waals surface area contributed by atoms with Gasteiger partial charge < -0.3 is 4.52 Å². The summed E-state index contributed by atoms with van der Waals surface area (Å²) in [5.74, 6) is 0.787. The van der Waals surface area contributed by atoms with Crippen molar-refractivity contribution in [2.45, 2.75) is 25.3 Å².